The number of hydrogen-bond donors (Lipinski definition) is 1. The molecule has 5 heteroatoms. The van der Waals surface area contributed by atoms with Crippen LogP contribution in [0.1, 0.15) is 46.0 Å². The zero-order valence-electron chi connectivity index (χ0n) is 11.4. The minimum Gasteiger partial charge on any atom is -0.480 e. The molecule has 1 aliphatic rings. The van der Waals surface area contributed by atoms with Crippen molar-refractivity contribution in [3.63, 3.8) is 0 Å². The predicted molar refractivity (Wildman–Crippen MR) is 68.9 cm³/mol. The van der Waals surface area contributed by atoms with Crippen molar-refractivity contribution in [2.75, 3.05) is 7.05 Å². The fraction of sp³-hybridized carbons (Fsp3) is 0.769. The first-order chi connectivity index (χ1) is 8.43. The summed E-state index contributed by atoms with van der Waals surface area (Å²) < 4.78 is 0. The number of carbonyl (C=O) groups is 2. The number of rotatable bonds is 4. The van der Waals surface area contributed by atoms with Crippen molar-refractivity contribution in [1.82, 2.24) is 9.80 Å². The first kappa shape index (κ1) is 14.8. The molecular formula is C13H23N2O3. The normalized spacial score (nSPS) is 16.7. The van der Waals surface area contributed by atoms with Crippen molar-refractivity contribution in [1.29, 1.82) is 0 Å². The highest BCUT2D eigenvalue weighted by molar-refractivity contribution is 5.84. The van der Waals surface area contributed by atoms with E-state index in [9.17, 15) is 9.59 Å². The fourth-order valence-electron chi connectivity index (χ4n) is 2.56. The summed E-state index contributed by atoms with van der Waals surface area (Å²) in [6.07, 6.45) is 5.56. The molecule has 1 radical (unpaired) electrons. The van der Waals surface area contributed by atoms with Crippen molar-refractivity contribution in [2.24, 2.45) is 0 Å². The smallest absolute Gasteiger partial charge is 0.329 e. The molecule has 0 atom stereocenters. The van der Waals surface area contributed by atoms with Gasteiger partial charge < -0.3 is 14.9 Å². The quantitative estimate of drug-likeness (QED) is 0.838. The first-order valence-corrected chi connectivity index (χ1v) is 6.56. The molecule has 0 spiro atoms. The molecule has 1 saturated carbocycles. The van der Waals surface area contributed by atoms with E-state index in [0.717, 1.165) is 37.1 Å². The maximum Gasteiger partial charge on any atom is 0.329 e. The number of urea groups is 1. The van der Waals surface area contributed by atoms with Gasteiger partial charge in [0.25, 0.3) is 0 Å². The third-order valence-corrected chi connectivity index (χ3v) is 3.35. The van der Waals surface area contributed by atoms with E-state index in [1.54, 1.807) is 0 Å². The van der Waals surface area contributed by atoms with Gasteiger partial charge in [0, 0.05) is 19.1 Å². The van der Waals surface area contributed by atoms with Gasteiger partial charge in [0.1, 0.15) is 0 Å². The van der Waals surface area contributed by atoms with Crippen LogP contribution >= 0.6 is 0 Å². The lowest BCUT2D eigenvalue weighted by Gasteiger charge is -2.39. The fourth-order valence-corrected chi connectivity index (χ4v) is 2.56. The van der Waals surface area contributed by atoms with E-state index < -0.39 is 5.97 Å². The van der Waals surface area contributed by atoms with Gasteiger partial charge in [-0.05, 0) is 26.7 Å². The van der Waals surface area contributed by atoms with Crippen molar-refractivity contribution >= 4 is 12.0 Å². The van der Waals surface area contributed by atoms with E-state index in [0.29, 0.717) is 0 Å². The molecular weight excluding hydrogens is 232 g/mol. The van der Waals surface area contributed by atoms with Gasteiger partial charge >= 0.3 is 12.0 Å². The summed E-state index contributed by atoms with van der Waals surface area (Å²) in [7, 11) is 1.49. The van der Waals surface area contributed by atoms with E-state index in [1.807, 2.05) is 18.7 Å². The molecule has 1 rings (SSSR count). The molecule has 18 heavy (non-hydrogen) atoms. The Balaban J connectivity index is 2.70. The Labute approximate surface area is 109 Å². The summed E-state index contributed by atoms with van der Waals surface area (Å²) in [6, 6.07) is 0.112. The van der Waals surface area contributed by atoms with Gasteiger partial charge in [0.15, 0.2) is 6.54 Å². The van der Waals surface area contributed by atoms with Gasteiger partial charge in [0.2, 0.25) is 0 Å². The van der Waals surface area contributed by atoms with Crippen molar-refractivity contribution in [3.8, 4) is 0 Å². The molecule has 1 N–H and O–H groups in total. The van der Waals surface area contributed by atoms with Gasteiger partial charge in [-0.1, -0.05) is 19.3 Å². The summed E-state index contributed by atoms with van der Waals surface area (Å²) in [4.78, 5) is 25.9. The Morgan fingerprint density at radius 3 is 2.22 bits per heavy atom. The molecule has 1 fully saturated rings. The van der Waals surface area contributed by atoms with Gasteiger partial charge in [-0.15, -0.1) is 0 Å². The highest BCUT2D eigenvalue weighted by Gasteiger charge is 2.30. The van der Waals surface area contributed by atoms with Crippen LogP contribution < -0.4 is 0 Å². The Morgan fingerprint density at radius 1 is 1.22 bits per heavy atom. The number of aliphatic carboxylic acids is 1. The molecule has 0 bridgehead atoms. The molecule has 103 valence electrons. The van der Waals surface area contributed by atoms with Gasteiger partial charge in [-0.3, -0.25) is 0 Å². The lowest BCUT2D eigenvalue weighted by molar-refractivity contribution is -0.134. The average Bonchev–Trinajstić information content (AvgIpc) is 2.29. The zero-order valence-corrected chi connectivity index (χ0v) is 11.4. The Morgan fingerprint density at radius 2 is 1.78 bits per heavy atom. The standard InChI is InChI=1S/C13H23N2O3/c1-10(2)15(11-7-5-4-6-8-11)13(18)14(3)9-12(16)17/h9-11H,4-8H2,1-3H3,(H,16,17). The summed E-state index contributed by atoms with van der Waals surface area (Å²) in [5.41, 5.74) is 0. The molecule has 0 aromatic heterocycles. The number of likely N-dealkylation sites (N-methyl/N-ethyl adjacent to an activating group) is 1. The SMILES string of the molecule is CC(C)N(C(=O)N(C)[CH]C(=O)O)C1CCCCC1. The number of hydrogen-bond acceptors (Lipinski definition) is 2. The lowest BCUT2D eigenvalue weighted by Crippen LogP contribution is -2.50. The molecule has 0 aromatic carbocycles. The van der Waals surface area contributed by atoms with Crippen LogP contribution in [0, 0.1) is 6.54 Å². The minimum absolute atomic E-state index is 0.0882. The van der Waals surface area contributed by atoms with Gasteiger partial charge in [-0.25, -0.2) is 9.59 Å². The maximum atomic E-state index is 12.3. The van der Waals surface area contributed by atoms with Crippen molar-refractivity contribution in [2.45, 2.75) is 58.0 Å². The second-order valence-electron chi connectivity index (χ2n) is 5.15. The van der Waals surface area contributed by atoms with E-state index in [4.69, 9.17) is 5.11 Å². The van der Waals surface area contributed by atoms with Crippen LogP contribution in [0.25, 0.3) is 0 Å². The van der Waals surface area contributed by atoms with E-state index in [1.165, 1.54) is 13.5 Å². The zero-order chi connectivity index (χ0) is 13.7. The Bertz CT molecular complexity index is 299. The van der Waals surface area contributed by atoms with Crippen LogP contribution in [0.2, 0.25) is 0 Å². The maximum absolute atomic E-state index is 12.3. The minimum atomic E-state index is -1.10. The van der Waals surface area contributed by atoms with Crippen molar-refractivity contribution < 1.29 is 14.7 Å². The summed E-state index contributed by atoms with van der Waals surface area (Å²) in [6.45, 7) is 4.86. The monoisotopic (exact) mass is 255 g/mol. The number of carboxylic acid groups (broad SMARTS) is 1. The van der Waals surface area contributed by atoms with Gasteiger partial charge in [0.05, 0.1) is 0 Å². The number of carbonyl (C=O) groups excluding carboxylic acids is 1. The molecule has 5 nitrogen and oxygen atoms in total. The Hall–Kier alpha value is -1.26. The summed E-state index contributed by atoms with van der Waals surface area (Å²) in [5, 5.41) is 8.70. The highest BCUT2D eigenvalue weighted by atomic mass is 16.4. The van der Waals surface area contributed by atoms with Crippen LogP contribution in [0.4, 0.5) is 4.79 Å². The molecule has 0 aromatic rings. The van der Waals surface area contributed by atoms with E-state index >= 15 is 0 Å². The summed E-state index contributed by atoms with van der Waals surface area (Å²) >= 11 is 0. The van der Waals surface area contributed by atoms with Crippen LogP contribution in [0.3, 0.4) is 0 Å². The van der Waals surface area contributed by atoms with Gasteiger partial charge in [-0.2, -0.15) is 0 Å². The molecule has 0 saturated heterocycles. The van der Waals surface area contributed by atoms with Crippen molar-refractivity contribution in [3.05, 3.63) is 6.54 Å². The molecule has 0 heterocycles. The molecule has 0 aliphatic heterocycles. The van der Waals surface area contributed by atoms with Crippen LogP contribution in [0.5, 0.6) is 0 Å². The predicted octanol–water partition coefficient (Wildman–Crippen LogP) is 2.33. The van der Waals surface area contributed by atoms with Crippen LogP contribution in [-0.4, -0.2) is 46.0 Å². The largest absolute Gasteiger partial charge is 0.480 e. The van der Waals surface area contributed by atoms with Crippen LogP contribution in [-0.2, 0) is 4.79 Å². The lowest BCUT2D eigenvalue weighted by atomic mass is 9.93. The third-order valence-electron chi connectivity index (χ3n) is 3.35. The first-order valence-electron chi connectivity index (χ1n) is 6.56. The van der Waals surface area contributed by atoms with E-state index in [2.05, 4.69) is 0 Å². The second-order valence-corrected chi connectivity index (χ2v) is 5.15. The second kappa shape index (κ2) is 6.61. The summed E-state index contributed by atoms with van der Waals surface area (Å²) in [5.74, 6) is -1.10. The molecule has 1 aliphatic carbocycles. The Kier molecular flexibility index (Phi) is 5.44. The highest BCUT2D eigenvalue weighted by Crippen LogP contribution is 2.25. The number of carboxylic acids is 1. The third kappa shape index (κ3) is 3.89. The average molecular weight is 255 g/mol. The number of nitrogens with zero attached hydrogens (tertiary/aromatic N) is 2. The molecule has 2 amide bonds. The van der Waals surface area contributed by atoms with E-state index in [-0.39, 0.29) is 18.1 Å². The molecule has 0 unspecified atom stereocenters. The topological polar surface area (TPSA) is 60.9 Å². The van der Waals surface area contributed by atoms with Crippen LogP contribution in [0.15, 0.2) is 0 Å². The number of amides is 2.